The van der Waals surface area contributed by atoms with Crippen molar-refractivity contribution in [2.75, 3.05) is 17.7 Å². The van der Waals surface area contributed by atoms with E-state index in [0.717, 1.165) is 12.2 Å². The SMILES string of the molecule is Cc1ccccc1CN(C)c1cc(Cl)c(Cl)cc1N. The zero-order valence-electron chi connectivity index (χ0n) is 11.0. The molecule has 0 fully saturated rings. The number of hydrogen-bond donors (Lipinski definition) is 1. The van der Waals surface area contributed by atoms with Gasteiger partial charge < -0.3 is 10.6 Å². The van der Waals surface area contributed by atoms with Crippen molar-refractivity contribution in [3.05, 3.63) is 57.6 Å². The van der Waals surface area contributed by atoms with Gasteiger partial charge in [0.15, 0.2) is 0 Å². The summed E-state index contributed by atoms with van der Waals surface area (Å²) < 4.78 is 0. The lowest BCUT2D eigenvalue weighted by atomic mass is 10.1. The van der Waals surface area contributed by atoms with E-state index in [2.05, 4.69) is 24.0 Å². The van der Waals surface area contributed by atoms with Crippen molar-refractivity contribution >= 4 is 34.6 Å². The molecule has 0 bridgehead atoms. The molecule has 0 aromatic heterocycles. The van der Waals surface area contributed by atoms with Gasteiger partial charge in [-0.15, -0.1) is 0 Å². The lowest BCUT2D eigenvalue weighted by Crippen LogP contribution is -2.18. The third-order valence-electron chi connectivity index (χ3n) is 3.15. The van der Waals surface area contributed by atoms with Gasteiger partial charge in [-0.1, -0.05) is 47.5 Å². The summed E-state index contributed by atoms with van der Waals surface area (Å²) in [7, 11) is 1.99. The maximum absolute atomic E-state index is 6.05. The highest BCUT2D eigenvalue weighted by molar-refractivity contribution is 6.42. The molecule has 2 nitrogen and oxygen atoms in total. The maximum atomic E-state index is 6.05. The first kappa shape index (κ1) is 14.0. The van der Waals surface area contributed by atoms with Crippen LogP contribution >= 0.6 is 23.2 Å². The van der Waals surface area contributed by atoms with Crippen molar-refractivity contribution < 1.29 is 0 Å². The topological polar surface area (TPSA) is 29.3 Å². The molecule has 0 saturated heterocycles. The highest BCUT2D eigenvalue weighted by atomic mass is 35.5. The Morgan fingerprint density at radius 3 is 2.42 bits per heavy atom. The minimum atomic E-state index is 0.479. The fourth-order valence-corrected chi connectivity index (χ4v) is 2.34. The average molecular weight is 295 g/mol. The van der Waals surface area contributed by atoms with E-state index in [4.69, 9.17) is 28.9 Å². The molecule has 0 spiro atoms. The summed E-state index contributed by atoms with van der Waals surface area (Å²) in [5.41, 5.74) is 10.0. The van der Waals surface area contributed by atoms with Gasteiger partial charge in [-0.25, -0.2) is 0 Å². The van der Waals surface area contributed by atoms with Crippen molar-refractivity contribution in [1.29, 1.82) is 0 Å². The van der Waals surface area contributed by atoms with Crippen LogP contribution in [0.1, 0.15) is 11.1 Å². The lowest BCUT2D eigenvalue weighted by Gasteiger charge is -2.22. The van der Waals surface area contributed by atoms with Gasteiger partial charge in [-0.2, -0.15) is 0 Å². The zero-order chi connectivity index (χ0) is 14.0. The molecule has 2 aromatic rings. The van der Waals surface area contributed by atoms with Crippen LogP contribution in [0, 0.1) is 6.92 Å². The van der Waals surface area contributed by atoms with Gasteiger partial charge in [0.1, 0.15) is 0 Å². The maximum Gasteiger partial charge on any atom is 0.0616 e. The molecule has 0 atom stereocenters. The van der Waals surface area contributed by atoms with Crippen molar-refractivity contribution in [3.8, 4) is 0 Å². The van der Waals surface area contributed by atoms with E-state index >= 15 is 0 Å². The average Bonchev–Trinajstić information content (AvgIpc) is 2.36. The molecule has 0 amide bonds. The first-order chi connectivity index (χ1) is 8.99. The summed E-state index contributed by atoms with van der Waals surface area (Å²) in [6, 6.07) is 11.8. The Balaban J connectivity index is 2.28. The molecule has 0 aliphatic heterocycles. The third-order valence-corrected chi connectivity index (χ3v) is 3.87. The summed E-state index contributed by atoms with van der Waals surface area (Å²) in [6.45, 7) is 2.87. The van der Waals surface area contributed by atoms with Gasteiger partial charge in [-0.3, -0.25) is 0 Å². The van der Waals surface area contributed by atoms with E-state index in [0.29, 0.717) is 15.7 Å². The number of nitrogens with zero attached hydrogens (tertiary/aromatic N) is 1. The zero-order valence-corrected chi connectivity index (χ0v) is 12.5. The van der Waals surface area contributed by atoms with Crippen molar-refractivity contribution in [2.24, 2.45) is 0 Å². The van der Waals surface area contributed by atoms with E-state index in [1.807, 2.05) is 19.2 Å². The smallest absolute Gasteiger partial charge is 0.0616 e. The van der Waals surface area contributed by atoms with E-state index < -0.39 is 0 Å². The molecular weight excluding hydrogens is 279 g/mol. The quantitative estimate of drug-likeness (QED) is 0.843. The predicted octanol–water partition coefficient (Wildman–Crippen LogP) is 4.52. The van der Waals surface area contributed by atoms with Crippen LogP contribution in [0.4, 0.5) is 11.4 Å². The Hall–Kier alpha value is -1.38. The van der Waals surface area contributed by atoms with E-state index in [9.17, 15) is 0 Å². The molecular formula is C15H16Cl2N2. The Kier molecular flexibility index (Phi) is 4.23. The largest absolute Gasteiger partial charge is 0.397 e. The van der Waals surface area contributed by atoms with Crippen molar-refractivity contribution in [1.82, 2.24) is 0 Å². The lowest BCUT2D eigenvalue weighted by molar-refractivity contribution is 0.916. The Morgan fingerprint density at radius 2 is 1.74 bits per heavy atom. The number of nitrogen functional groups attached to an aromatic ring is 1. The Morgan fingerprint density at radius 1 is 1.11 bits per heavy atom. The molecule has 19 heavy (non-hydrogen) atoms. The second-order valence-electron chi connectivity index (χ2n) is 4.61. The van der Waals surface area contributed by atoms with Crippen LogP contribution in [0.3, 0.4) is 0 Å². The van der Waals surface area contributed by atoms with E-state index in [1.54, 1.807) is 12.1 Å². The Bertz CT molecular complexity index is 597. The highest BCUT2D eigenvalue weighted by Gasteiger charge is 2.10. The monoisotopic (exact) mass is 294 g/mol. The van der Waals surface area contributed by atoms with Gasteiger partial charge in [0.2, 0.25) is 0 Å². The second-order valence-corrected chi connectivity index (χ2v) is 5.42. The molecule has 4 heteroatoms. The molecule has 0 aliphatic rings. The number of nitrogens with two attached hydrogens (primary N) is 1. The van der Waals surface area contributed by atoms with Gasteiger partial charge in [0.25, 0.3) is 0 Å². The van der Waals surface area contributed by atoms with Gasteiger partial charge in [-0.05, 0) is 30.2 Å². The number of halogens is 2. The number of benzene rings is 2. The predicted molar refractivity (Wildman–Crippen MR) is 84.2 cm³/mol. The van der Waals surface area contributed by atoms with Gasteiger partial charge >= 0.3 is 0 Å². The number of aryl methyl sites for hydroxylation is 1. The minimum absolute atomic E-state index is 0.479. The fourth-order valence-electron chi connectivity index (χ4n) is 2.01. The van der Waals surface area contributed by atoms with Crippen LogP contribution in [0.2, 0.25) is 10.0 Å². The van der Waals surface area contributed by atoms with Crippen LogP contribution in [0.15, 0.2) is 36.4 Å². The van der Waals surface area contributed by atoms with Crippen LogP contribution in [0.25, 0.3) is 0 Å². The second kappa shape index (κ2) is 5.72. The first-order valence-corrected chi connectivity index (χ1v) is 6.75. The number of hydrogen-bond acceptors (Lipinski definition) is 2. The van der Waals surface area contributed by atoms with E-state index in [1.165, 1.54) is 11.1 Å². The van der Waals surface area contributed by atoms with Crippen LogP contribution < -0.4 is 10.6 Å². The molecule has 0 unspecified atom stereocenters. The molecule has 0 aliphatic carbocycles. The minimum Gasteiger partial charge on any atom is -0.397 e. The molecule has 0 saturated carbocycles. The third kappa shape index (κ3) is 3.14. The standard InChI is InChI=1S/C15H16Cl2N2/c1-10-5-3-4-6-11(10)9-19(2)15-8-13(17)12(16)7-14(15)18/h3-8H,9,18H2,1-2H3. The Labute approximate surface area is 123 Å². The molecule has 0 heterocycles. The number of rotatable bonds is 3. The van der Waals surface area contributed by atoms with Gasteiger partial charge in [0, 0.05) is 13.6 Å². The first-order valence-electron chi connectivity index (χ1n) is 5.99. The molecule has 2 N–H and O–H groups in total. The van der Waals surface area contributed by atoms with Crippen LogP contribution in [0.5, 0.6) is 0 Å². The molecule has 2 aromatic carbocycles. The molecule has 2 rings (SSSR count). The normalized spacial score (nSPS) is 10.5. The summed E-state index contributed by atoms with van der Waals surface area (Å²) >= 11 is 12.0. The summed E-state index contributed by atoms with van der Waals surface area (Å²) in [5, 5.41) is 0.995. The van der Waals surface area contributed by atoms with Crippen molar-refractivity contribution in [2.45, 2.75) is 13.5 Å². The van der Waals surface area contributed by atoms with E-state index in [-0.39, 0.29) is 0 Å². The summed E-state index contributed by atoms with van der Waals surface area (Å²) in [4.78, 5) is 2.07. The van der Waals surface area contributed by atoms with Crippen LogP contribution in [-0.4, -0.2) is 7.05 Å². The highest BCUT2D eigenvalue weighted by Crippen LogP contribution is 2.33. The molecule has 100 valence electrons. The molecule has 0 radical (unpaired) electrons. The van der Waals surface area contributed by atoms with Crippen LogP contribution in [-0.2, 0) is 6.54 Å². The fraction of sp³-hybridized carbons (Fsp3) is 0.200. The summed E-state index contributed by atoms with van der Waals surface area (Å²) in [5.74, 6) is 0. The van der Waals surface area contributed by atoms with Crippen molar-refractivity contribution in [3.63, 3.8) is 0 Å². The summed E-state index contributed by atoms with van der Waals surface area (Å²) in [6.07, 6.45) is 0. The number of anilines is 2. The van der Waals surface area contributed by atoms with Gasteiger partial charge in [0.05, 0.1) is 21.4 Å².